The molecule has 1 nitrogen and oxygen atoms in total. The predicted molar refractivity (Wildman–Crippen MR) is 35.6 cm³/mol. The molecule has 0 aromatic heterocycles. The summed E-state index contributed by atoms with van der Waals surface area (Å²) in [6.45, 7) is 0. The van der Waals surface area contributed by atoms with E-state index in [1.165, 1.54) is 6.08 Å². The topological polar surface area (TPSA) is 12.0 Å². The predicted octanol–water partition coefficient (Wildman–Crippen LogP) is 2.03. The lowest BCUT2D eigenvalue weighted by Crippen LogP contribution is -2.08. The first kappa shape index (κ1) is 7.25. The van der Waals surface area contributed by atoms with Gasteiger partial charge in [0.2, 0.25) is 0 Å². The highest BCUT2D eigenvalue weighted by Crippen LogP contribution is 2.23. The molecular formula is C7H9F2N. The Kier molecular flexibility index (Phi) is 2.04. The van der Waals surface area contributed by atoms with Gasteiger partial charge in [-0.15, -0.1) is 0 Å². The van der Waals surface area contributed by atoms with Gasteiger partial charge >= 0.3 is 0 Å². The summed E-state index contributed by atoms with van der Waals surface area (Å²) in [6.07, 6.45) is 1.94. The van der Waals surface area contributed by atoms with Crippen LogP contribution in [-0.2, 0) is 0 Å². The molecule has 0 radical (unpaired) electrons. The quantitative estimate of drug-likeness (QED) is 0.595. The molecule has 0 atom stereocenters. The molecule has 0 amide bonds. The van der Waals surface area contributed by atoms with Gasteiger partial charge in [-0.05, 0) is 12.5 Å². The van der Waals surface area contributed by atoms with Crippen LogP contribution >= 0.6 is 0 Å². The van der Waals surface area contributed by atoms with Crippen molar-refractivity contribution in [2.45, 2.75) is 12.8 Å². The second-order valence-electron chi connectivity index (χ2n) is 2.17. The average molecular weight is 145 g/mol. The fraction of sp³-hybridized carbons (Fsp3) is 0.429. The SMILES string of the molecule is CNC1=CC(F)=C(F)CC1. The zero-order valence-corrected chi connectivity index (χ0v) is 5.75. The number of hydrogen-bond acceptors (Lipinski definition) is 1. The summed E-state index contributed by atoms with van der Waals surface area (Å²) >= 11 is 0. The minimum absolute atomic E-state index is 0.179. The molecule has 0 aromatic carbocycles. The molecule has 0 spiro atoms. The number of nitrogens with one attached hydrogen (secondary N) is 1. The molecule has 3 heteroatoms. The second-order valence-corrected chi connectivity index (χ2v) is 2.17. The summed E-state index contributed by atoms with van der Waals surface area (Å²) in [4.78, 5) is 0. The summed E-state index contributed by atoms with van der Waals surface area (Å²) in [5.74, 6) is -1.38. The number of allylic oxidation sites excluding steroid dienone is 4. The van der Waals surface area contributed by atoms with Crippen molar-refractivity contribution in [3.05, 3.63) is 23.4 Å². The lowest BCUT2D eigenvalue weighted by Gasteiger charge is -2.09. The molecule has 0 saturated carbocycles. The highest BCUT2D eigenvalue weighted by atomic mass is 19.2. The Morgan fingerprint density at radius 1 is 1.40 bits per heavy atom. The Balaban J connectivity index is 2.76. The molecule has 1 rings (SSSR count). The van der Waals surface area contributed by atoms with Crippen molar-refractivity contribution in [2.75, 3.05) is 7.05 Å². The Morgan fingerprint density at radius 3 is 2.60 bits per heavy atom. The molecule has 56 valence electrons. The van der Waals surface area contributed by atoms with E-state index in [0.29, 0.717) is 6.42 Å². The number of hydrogen-bond donors (Lipinski definition) is 1. The molecule has 1 aliphatic rings. The van der Waals surface area contributed by atoms with Gasteiger partial charge in [0.25, 0.3) is 0 Å². The molecule has 0 saturated heterocycles. The first-order chi connectivity index (χ1) is 4.74. The van der Waals surface area contributed by atoms with Crippen molar-refractivity contribution in [1.29, 1.82) is 0 Å². The van der Waals surface area contributed by atoms with Gasteiger partial charge in [-0.1, -0.05) is 0 Å². The zero-order valence-electron chi connectivity index (χ0n) is 5.75. The summed E-state index contributed by atoms with van der Waals surface area (Å²) in [6, 6.07) is 0. The fourth-order valence-corrected chi connectivity index (χ4v) is 0.864. The first-order valence-corrected chi connectivity index (χ1v) is 3.16. The van der Waals surface area contributed by atoms with Crippen LogP contribution in [0.2, 0.25) is 0 Å². The van der Waals surface area contributed by atoms with Gasteiger partial charge in [0.1, 0.15) is 5.83 Å². The third-order valence-corrected chi connectivity index (χ3v) is 1.50. The van der Waals surface area contributed by atoms with Crippen LogP contribution in [0.3, 0.4) is 0 Å². The maximum atomic E-state index is 12.4. The summed E-state index contributed by atoms with van der Waals surface area (Å²) in [5, 5.41) is 2.78. The van der Waals surface area contributed by atoms with E-state index in [2.05, 4.69) is 5.32 Å². The van der Waals surface area contributed by atoms with E-state index in [9.17, 15) is 8.78 Å². The lowest BCUT2D eigenvalue weighted by atomic mass is 10.1. The normalized spacial score (nSPS) is 18.9. The Bertz CT molecular complexity index is 194. The smallest absolute Gasteiger partial charge is 0.156 e. The zero-order chi connectivity index (χ0) is 7.56. The average Bonchev–Trinajstić information content (AvgIpc) is 1.95. The number of halogens is 2. The maximum absolute atomic E-state index is 12.4. The Labute approximate surface area is 58.4 Å². The van der Waals surface area contributed by atoms with Crippen LogP contribution < -0.4 is 5.32 Å². The van der Waals surface area contributed by atoms with E-state index in [1.807, 2.05) is 0 Å². The van der Waals surface area contributed by atoms with E-state index >= 15 is 0 Å². The maximum Gasteiger partial charge on any atom is 0.156 e. The molecule has 1 N–H and O–H groups in total. The van der Waals surface area contributed by atoms with Crippen LogP contribution in [0.5, 0.6) is 0 Å². The Morgan fingerprint density at radius 2 is 2.10 bits per heavy atom. The molecule has 0 aliphatic heterocycles. The molecule has 0 heterocycles. The van der Waals surface area contributed by atoms with E-state index in [4.69, 9.17) is 0 Å². The molecule has 1 aliphatic carbocycles. The molecule has 0 aromatic rings. The second kappa shape index (κ2) is 2.82. The summed E-state index contributed by atoms with van der Waals surface area (Å²) in [7, 11) is 1.70. The third-order valence-electron chi connectivity index (χ3n) is 1.50. The number of rotatable bonds is 1. The monoisotopic (exact) mass is 145 g/mol. The molecule has 0 bridgehead atoms. The van der Waals surface area contributed by atoms with E-state index < -0.39 is 11.7 Å². The third kappa shape index (κ3) is 1.35. The molecular weight excluding hydrogens is 136 g/mol. The van der Waals surface area contributed by atoms with E-state index in [-0.39, 0.29) is 6.42 Å². The van der Waals surface area contributed by atoms with Crippen LogP contribution in [0.25, 0.3) is 0 Å². The van der Waals surface area contributed by atoms with E-state index in [1.54, 1.807) is 7.05 Å². The van der Waals surface area contributed by atoms with Gasteiger partial charge in [0.15, 0.2) is 5.83 Å². The standard InChI is InChI=1S/C7H9F2N/c1-10-5-2-3-6(8)7(9)4-5/h4,10H,2-3H2,1H3. The molecule has 10 heavy (non-hydrogen) atoms. The minimum atomic E-state index is -0.740. The van der Waals surface area contributed by atoms with Crippen molar-refractivity contribution in [1.82, 2.24) is 5.32 Å². The van der Waals surface area contributed by atoms with Gasteiger partial charge < -0.3 is 5.32 Å². The van der Waals surface area contributed by atoms with Crippen LogP contribution in [-0.4, -0.2) is 7.05 Å². The van der Waals surface area contributed by atoms with E-state index in [0.717, 1.165) is 5.70 Å². The fourth-order valence-electron chi connectivity index (χ4n) is 0.864. The van der Waals surface area contributed by atoms with Gasteiger partial charge in [-0.2, -0.15) is 0 Å². The van der Waals surface area contributed by atoms with Crippen molar-refractivity contribution in [3.8, 4) is 0 Å². The van der Waals surface area contributed by atoms with Crippen molar-refractivity contribution >= 4 is 0 Å². The van der Waals surface area contributed by atoms with Crippen molar-refractivity contribution in [3.63, 3.8) is 0 Å². The largest absolute Gasteiger partial charge is 0.391 e. The molecule has 0 unspecified atom stereocenters. The van der Waals surface area contributed by atoms with Crippen LogP contribution in [0, 0.1) is 0 Å². The van der Waals surface area contributed by atoms with Gasteiger partial charge in [0.05, 0.1) is 0 Å². The summed E-state index contributed by atoms with van der Waals surface area (Å²) in [5.41, 5.74) is 0.749. The summed E-state index contributed by atoms with van der Waals surface area (Å²) < 4.78 is 24.7. The lowest BCUT2D eigenvalue weighted by molar-refractivity contribution is 0.506. The van der Waals surface area contributed by atoms with Crippen molar-refractivity contribution < 1.29 is 8.78 Å². The van der Waals surface area contributed by atoms with Crippen molar-refractivity contribution in [2.24, 2.45) is 0 Å². The van der Waals surface area contributed by atoms with Gasteiger partial charge in [-0.25, -0.2) is 8.78 Å². The van der Waals surface area contributed by atoms with Crippen LogP contribution in [0.15, 0.2) is 23.4 Å². The highest BCUT2D eigenvalue weighted by Gasteiger charge is 2.11. The van der Waals surface area contributed by atoms with Crippen LogP contribution in [0.4, 0.5) is 8.78 Å². The minimum Gasteiger partial charge on any atom is -0.391 e. The van der Waals surface area contributed by atoms with Gasteiger partial charge in [-0.3, -0.25) is 0 Å². The van der Waals surface area contributed by atoms with Crippen LogP contribution in [0.1, 0.15) is 12.8 Å². The van der Waals surface area contributed by atoms with Gasteiger partial charge in [0, 0.05) is 19.2 Å². The Hall–Kier alpha value is -0.860. The highest BCUT2D eigenvalue weighted by molar-refractivity contribution is 5.24. The first-order valence-electron chi connectivity index (χ1n) is 3.16. The molecule has 0 fully saturated rings.